The number of allylic oxidation sites excluding steroid dienone is 1. The van der Waals surface area contributed by atoms with Crippen molar-refractivity contribution < 1.29 is 13.6 Å². The van der Waals surface area contributed by atoms with Gasteiger partial charge in [-0.25, -0.2) is 8.78 Å². The molecule has 0 spiro atoms. The van der Waals surface area contributed by atoms with Gasteiger partial charge in [0.1, 0.15) is 11.6 Å². The fourth-order valence-electron chi connectivity index (χ4n) is 2.87. The summed E-state index contributed by atoms with van der Waals surface area (Å²) in [5.74, 6) is -1.76. The number of nitrogen functional groups attached to an aromatic ring is 1. The van der Waals surface area contributed by atoms with Crippen LogP contribution in [0.15, 0.2) is 54.4 Å². The number of benzene rings is 2. The molecular formula is C20H19F2N5O. The number of likely N-dealkylation sites (N-methyl/N-ethyl adjacent to an activating group) is 1. The van der Waals surface area contributed by atoms with Gasteiger partial charge in [0.2, 0.25) is 0 Å². The number of amides is 1. The van der Waals surface area contributed by atoms with E-state index in [1.165, 1.54) is 23.4 Å². The Morgan fingerprint density at radius 2 is 1.86 bits per heavy atom. The number of halogens is 2. The third-order valence-corrected chi connectivity index (χ3v) is 4.24. The standard InChI is InChI=1S/C20H19F2N5O/c1-25-9-14-19(24)15(10-27(2)20(14)28)13-8-12(23)4-6-17(13)26-18-5-3-11(21)7-16(18)22/h3-10,24-26H,23H2,1-2H3/b14-9+,24-19?. The first kappa shape index (κ1) is 19.1. The molecule has 0 bridgehead atoms. The van der Waals surface area contributed by atoms with E-state index >= 15 is 0 Å². The summed E-state index contributed by atoms with van der Waals surface area (Å²) >= 11 is 0. The smallest absolute Gasteiger partial charge is 0.261 e. The molecule has 0 saturated heterocycles. The Hall–Kier alpha value is -3.68. The predicted molar refractivity (Wildman–Crippen MR) is 106 cm³/mol. The molecule has 0 fully saturated rings. The summed E-state index contributed by atoms with van der Waals surface area (Å²) in [4.78, 5) is 13.7. The fraction of sp³-hybridized carbons (Fsp3) is 0.100. The molecule has 5 N–H and O–H groups in total. The van der Waals surface area contributed by atoms with Gasteiger partial charge in [0.25, 0.3) is 5.91 Å². The predicted octanol–water partition coefficient (Wildman–Crippen LogP) is 3.23. The van der Waals surface area contributed by atoms with E-state index in [9.17, 15) is 13.6 Å². The zero-order valence-corrected chi connectivity index (χ0v) is 15.3. The van der Waals surface area contributed by atoms with Gasteiger partial charge in [-0.1, -0.05) is 0 Å². The van der Waals surface area contributed by atoms with Crippen molar-refractivity contribution in [2.24, 2.45) is 0 Å². The summed E-state index contributed by atoms with van der Waals surface area (Å²) in [6.07, 6.45) is 2.98. The van der Waals surface area contributed by atoms with E-state index in [2.05, 4.69) is 10.6 Å². The molecule has 1 aliphatic heterocycles. The van der Waals surface area contributed by atoms with Gasteiger partial charge in [0, 0.05) is 55.1 Å². The highest BCUT2D eigenvalue weighted by atomic mass is 19.1. The number of rotatable bonds is 4. The van der Waals surface area contributed by atoms with Crippen LogP contribution in [0, 0.1) is 17.0 Å². The van der Waals surface area contributed by atoms with Crippen molar-refractivity contribution in [1.29, 1.82) is 5.41 Å². The number of nitrogens with zero attached hydrogens (tertiary/aromatic N) is 1. The Labute approximate surface area is 160 Å². The highest BCUT2D eigenvalue weighted by Crippen LogP contribution is 2.34. The van der Waals surface area contributed by atoms with Gasteiger partial charge in [0.15, 0.2) is 0 Å². The van der Waals surface area contributed by atoms with Crippen LogP contribution < -0.4 is 16.4 Å². The second-order valence-electron chi connectivity index (χ2n) is 6.23. The molecule has 1 amide bonds. The summed E-state index contributed by atoms with van der Waals surface area (Å²) in [5, 5.41) is 14.1. The molecule has 6 nitrogen and oxygen atoms in total. The van der Waals surface area contributed by atoms with Gasteiger partial charge in [0.05, 0.1) is 17.0 Å². The minimum atomic E-state index is -0.751. The lowest BCUT2D eigenvalue weighted by molar-refractivity contribution is -0.123. The number of hydrogen-bond donors (Lipinski definition) is 4. The first-order valence-corrected chi connectivity index (χ1v) is 8.39. The minimum Gasteiger partial charge on any atom is -0.399 e. The molecule has 0 aliphatic carbocycles. The Morgan fingerprint density at radius 3 is 2.54 bits per heavy atom. The summed E-state index contributed by atoms with van der Waals surface area (Å²) in [6, 6.07) is 8.10. The molecular weight excluding hydrogens is 364 g/mol. The van der Waals surface area contributed by atoms with Crippen LogP contribution in [0.1, 0.15) is 5.56 Å². The summed E-state index contributed by atoms with van der Waals surface area (Å²) in [6.45, 7) is 0. The maximum absolute atomic E-state index is 14.1. The largest absolute Gasteiger partial charge is 0.399 e. The topological polar surface area (TPSA) is 94.2 Å². The van der Waals surface area contributed by atoms with Crippen molar-refractivity contribution in [2.75, 3.05) is 25.1 Å². The molecule has 0 unspecified atom stereocenters. The van der Waals surface area contributed by atoms with E-state index in [0.29, 0.717) is 22.5 Å². The maximum atomic E-state index is 14.1. The molecule has 2 aromatic rings. The Bertz CT molecular complexity index is 1030. The monoisotopic (exact) mass is 383 g/mol. The average molecular weight is 383 g/mol. The SMILES string of the molecule is CN/C=C1\C(=N)C(c2cc(N)ccc2Nc2ccc(F)cc2F)=CN(C)C1=O. The van der Waals surface area contributed by atoms with Crippen molar-refractivity contribution in [2.45, 2.75) is 0 Å². The highest BCUT2D eigenvalue weighted by Gasteiger charge is 2.28. The maximum Gasteiger partial charge on any atom is 0.261 e. The van der Waals surface area contributed by atoms with Crippen molar-refractivity contribution in [3.8, 4) is 0 Å². The second-order valence-corrected chi connectivity index (χ2v) is 6.23. The lowest BCUT2D eigenvalue weighted by Crippen LogP contribution is -2.33. The lowest BCUT2D eigenvalue weighted by Gasteiger charge is -2.26. The van der Waals surface area contributed by atoms with Gasteiger partial charge >= 0.3 is 0 Å². The normalized spacial score (nSPS) is 15.6. The van der Waals surface area contributed by atoms with Gasteiger partial charge in [-0.2, -0.15) is 0 Å². The fourth-order valence-corrected chi connectivity index (χ4v) is 2.87. The van der Waals surface area contributed by atoms with E-state index in [1.54, 1.807) is 32.3 Å². The zero-order valence-electron chi connectivity index (χ0n) is 15.3. The van der Waals surface area contributed by atoms with E-state index < -0.39 is 11.6 Å². The number of hydrogen-bond acceptors (Lipinski definition) is 5. The first-order valence-electron chi connectivity index (χ1n) is 8.39. The van der Waals surface area contributed by atoms with Crippen molar-refractivity contribution in [3.63, 3.8) is 0 Å². The van der Waals surface area contributed by atoms with Crippen molar-refractivity contribution >= 4 is 34.3 Å². The lowest BCUT2D eigenvalue weighted by atomic mass is 9.92. The molecule has 2 aromatic carbocycles. The quantitative estimate of drug-likeness (QED) is 0.482. The molecule has 1 heterocycles. The Morgan fingerprint density at radius 1 is 1.14 bits per heavy atom. The number of carbonyl (C=O) groups is 1. The molecule has 0 radical (unpaired) electrons. The van der Waals surface area contributed by atoms with Crippen LogP contribution in [-0.4, -0.2) is 30.6 Å². The molecule has 8 heteroatoms. The number of carbonyl (C=O) groups excluding carboxylic acids is 1. The van der Waals surface area contributed by atoms with Gasteiger partial charge in [-0.05, 0) is 30.3 Å². The van der Waals surface area contributed by atoms with Crippen molar-refractivity contribution in [3.05, 3.63) is 71.6 Å². The minimum absolute atomic E-state index is 0.00526. The first-order chi connectivity index (χ1) is 13.3. The van der Waals surface area contributed by atoms with Crippen LogP contribution >= 0.6 is 0 Å². The summed E-state index contributed by atoms with van der Waals surface area (Å²) in [7, 11) is 3.22. The average Bonchev–Trinajstić information content (AvgIpc) is 2.65. The zero-order chi connectivity index (χ0) is 20.4. The Balaban J connectivity index is 2.10. The van der Waals surface area contributed by atoms with Crippen LogP contribution in [-0.2, 0) is 4.79 Å². The van der Waals surface area contributed by atoms with Gasteiger partial charge in [-0.15, -0.1) is 0 Å². The number of nitrogens with one attached hydrogen (secondary N) is 3. The molecule has 144 valence electrons. The van der Waals surface area contributed by atoms with Gasteiger partial charge < -0.3 is 21.3 Å². The molecule has 1 aliphatic rings. The van der Waals surface area contributed by atoms with Crippen LogP contribution in [0.25, 0.3) is 5.57 Å². The van der Waals surface area contributed by atoms with Crippen LogP contribution in [0.3, 0.4) is 0 Å². The molecule has 28 heavy (non-hydrogen) atoms. The number of anilines is 3. The van der Waals surface area contributed by atoms with E-state index in [1.807, 2.05) is 0 Å². The van der Waals surface area contributed by atoms with E-state index in [0.717, 1.165) is 12.1 Å². The van der Waals surface area contributed by atoms with E-state index in [-0.39, 0.29) is 22.9 Å². The molecule has 3 rings (SSSR count). The van der Waals surface area contributed by atoms with Crippen LogP contribution in [0.5, 0.6) is 0 Å². The van der Waals surface area contributed by atoms with Crippen LogP contribution in [0.4, 0.5) is 25.8 Å². The highest BCUT2D eigenvalue weighted by molar-refractivity contribution is 6.41. The van der Waals surface area contributed by atoms with E-state index in [4.69, 9.17) is 11.1 Å². The molecule has 0 atom stereocenters. The van der Waals surface area contributed by atoms with Crippen LogP contribution in [0.2, 0.25) is 0 Å². The third-order valence-electron chi connectivity index (χ3n) is 4.24. The molecule has 0 aromatic heterocycles. The number of nitrogens with two attached hydrogens (primary N) is 1. The summed E-state index contributed by atoms with van der Waals surface area (Å²) in [5.41, 5.74) is 8.02. The second kappa shape index (κ2) is 7.51. The summed E-state index contributed by atoms with van der Waals surface area (Å²) < 4.78 is 27.3. The van der Waals surface area contributed by atoms with Gasteiger partial charge in [-0.3, -0.25) is 10.2 Å². The third kappa shape index (κ3) is 3.57. The Kier molecular flexibility index (Phi) is 5.12. The van der Waals surface area contributed by atoms with Crippen molar-refractivity contribution in [1.82, 2.24) is 10.2 Å². The molecule has 0 saturated carbocycles.